The highest BCUT2D eigenvalue weighted by molar-refractivity contribution is 5.90. The van der Waals surface area contributed by atoms with E-state index in [9.17, 15) is 19.2 Å². The third kappa shape index (κ3) is 7.06. The van der Waals surface area contributed by atoms with Crippen molar-refractivity contribution < 1.29 is 28.7 Å². The molecule has 2 rings (SSSR count). The summed E-state index contributed by atoms with van der Waals surface area (Å²) in [5.74, 6) is -1.68. The summed E-state index contributed by atoms with van der Waals surface area (Å²) in [6, 6.07) is 7.33. The maximum atomic E-state index is 12.7. The Hall–Kier alpha value is -3.10. The van der Waals surface area contributed by atoms with Crippen molar-refractivity contribution in [3.63, 3.8) is 0 Å². The van der Waals surface area contributed by atoms with E-state index in [-0.39, 0.29) is 24.9 Å². The minimum absolute atomic E-state index is 0.0781. The van der Waals surface area contributed by atoms with Crippen LogP contribution in [-0.2, 0) is 30.5 Å². The van der Waals surface area contributed by atoms with Gasteiger partial charge in [-0.25, -0.2) is 9.59 Å². The van der Waals surface area contributed by atoms with E-state index in [1.165, 1.54) is 7.11 Å². The number of carbonyl (C=O) groups is 4. The molecule has 1 fully saturated rings. The van der Waals surface area contributed by atoms with E-state index >= 15 is 0 Å². The third-order valence-electron chi connectivity index (χ3n) is 4.88. The van der Waals surface area contributed by atoms with Crippen LogP contribution in [0.3, 0.4) is 0 Å². The lowest BCUT2D eigenvalue weighted by molar-refractivity contribution is -0.146. The molecule has 0 spiro atoms. The van der Waals surface area contributed by atoms with Gasteiger partial charge in [-0.2, -0.15) is 0 Å². The first kappa shape index (κ1) is 23.2. The summed E-state index contributed by atoms with van der Waals surface area (Å²) in [5.41, 5.74) is 0.824. The average molecular weight is 419 g/mol. The van der Waals surface area contributed by atoms with Gasteiger partial charge in [0.1, 0.15) is 18.7 Å². The zero-order valence-corrected chi connectivity index (χ0v) is 17.3. The quantitative estimate of drug-likeness (QED) is 0.491. The van der Waals surface area contributed by atoms with E-state index in [1.807, 2.05) is 37.3 Å². The number of nitrogens with one attached hydrogen (secondary N) is 3. The first-order chi connectivity index (χ1) is 14.4. The maximum Gasteiger partial charge on any atom is 0.408 e. The summed E-state index contributed by atoms with van der Waals surface area (Å²) in [6.45, 7) is 2.49. The predicted octanol–water partition coefficient (Wildman–Crippen LogP) is 1.27. The van der Waals surface area contributed by atoms with Crippen molar-refractivity contribution >= 4 is 23.9 Å². The van der Waals surface area contributed by atoms with E-state index in [0.717, 1.165) is 5.56 Å². The Morgan fingerprint density at radius 2 is 1.90 bits per heavy atom. The summed E-state index contributed by atoms with van der Waals surface area (Å²) in [6.07, 6.45) is 0.999. The molecule has 30 heavy (non-hydrogen) atoms. The lowest BCUT2D eigenvalue weighted by Crippen LogP contribution is -2.52. The van der Waals surface area contributed by atoms with Crippen LogP contribution in [0.5, 0.6) is 0 Å². The fourth-order valence-corrected chi connectivity index (χ4v) is 3.25. The van der Waals surface area contributed by atoms with Gasteiger partial charge in [-0.15, -0.1) is 0 Å². The molecule has 3 N–H and O–H groups in total. The Morgan fingerprint density at radius 1 is 1.17 bits per heavy atom. The topological polar surface area (TPSA) is 123 Å². The van der Waals surface area contributed by atoms with Gasteiger partial charge in [0.15, 0.2) is 0 Å². The van der Waals surface area contributed by atoms with Gasteiger partial charge in [0.25, 0.3) is 0 Å². The fraction of sp³-hybridized carbons (Fsp3) is 0.524. The normalized spacial score (nSPS) is 17.4. The monoisotopic (exact) mass is 419 g/mol. The maximum absolute atomic E-state index is 12.7. The second-order valence-electron chi connectivity index (χ2n) is 7.14. The zero-order chi connectivity index (χ0) is 21.9. The molecule has 9 heteroatoms. The molecule has 0 radical (unpaired) electrons. The van der Waals surface area contributed by atoms with Crippen LogP contribution < -0.4 is 16.0 Å². The molecule has 3 amide bonds. The molecule has 1 aromatic rings. The van der Waals surface area contributed by atoms with E-state index in [2.05, 4.69) is 16.0 Å². The minimum Gasteiger partial charge on any atom is -0.467 e. The Labute approximate surface area is 175 Å². The van der Waals surface area contributed by atoms with Crippen molar-refractivity contribution in [2.45, 2.75) is 51.3 Å². The van der Waals surface area contributed by atoms with Gasteiger partial charge in [-0.3, -0.25) is 9.59 Å². The summed E-state index contributed by atoms with van der Waals surface area (Å²) in [7, 11) is 1.22. The molecule has 0 bridgehead atoms. The Morgan fingerprint density at radius 3 is 2.50 bits per heavy atom. The second-order valence-corrected chi connectivity index (χ2v) is 7.14. The number of hydrogen-bond donors (Lipinski definition) is 3. The van der Waals surface area contributed by atoms with Crippen molar-refractivity contribution in [2.24, 2.45) is 5.92 Å². The lowest BCUT2D eigenvalue weighted by atomic mass is 9.98. The highest BCUT2D eigenvalue weighted by Crippen LogP contribution is 2.17. The minimum atomic E-state index is -0.974. The summed E-state index contributed by atoms with van der Waals surface area (Å²) in [4.78, 5) is 48.8. The smallest absolute Gasteiger partial charge is 0.408 e. The lowest BCUT2D eigenvalue weighted by Gasteiger charge is -2.23. The number of esters is 1. The molecule has 1 aliphatic rings. The molecule has 164 valence electrons. The Kier molecular flexibility index (Phi) is 9.11. The van der Waals surface area contributed by atoms with Crippen LogP contribution in [0.25, 0.3) is 0 Å². The van der Waals surface area contributed by atoms with Crippen molar-refractivity contribution in [1.82, 2.24) is 16.0 Å². The van der Waals surface area contributed by atoms with Crippen LogP contribution in [0, 0.1) is 5.92 Å². The molecule has 0 saturated carbocycles. The van der Waals surface area contributed by atoms with Gasteiger partial charge in [0.05, 0.1) is 7.11 Å². The largest absolute Gasteiger partial charge is 0.467 e. The number of benzene rings is 1. The summed E-state index contributed by atoms with van der Waals surface area (Å²) >= 11 is 0. The average Bonchev–Trinajstić information content (AvgIpc) is 3.16. The van der Waals surface area contributed by atoms with Crippen LogP contribution in [0.2, 0.25) is 0 Å². The number of methoxy groups -OCH3 is 1. The van der Waals surface area contributed by atoms with Crippen molar-refractivity contribution in [3.05, 3.63) is 35.9 Å². The van der Waals surface area contributed by atoms with Crippen LogP contribution in [-0.4, -0.2) is 49.6 Å². The van der Waals surface area contributed by atoms with Gasteiger partial charge in [-0.1, -0.05) is 43.7 Å². The molecule has 1 unspecified atom stereocenters. The van der Waals surface area contributed by atoms with E-state index < -0.39 is 30.1 Å². The summed E-state index contributed by atoms with van der Waals surface area (Å²) in [5, 5.41) is 7.87. The molecule has 1 saturated heterocycles. The van der Waals surface area contributed by atoms with Gasteiger partial charge in [0, 0.05) is 12.5 Å². The molecule has 9 nitrogen and oxygen atoms in total. The van der Waals surface area contributed by atoms with Crippen molar-refractivity contribution in [1.29, 1.82) is 0 Å². The summed E-state index contributed by atoms with van der Waals surface area (Å²) < 4.78 is 9.95. The molecule has 3 atom stereocenters. The van der Waals surface area contributed by atoms with Crippen LogP contribution >= 0.6 is 0 Å². The second kappa shape index (κ2) is 11.8. The number of alkyl carbamates (subject to hydrolysis) is 1. The third-order valence-corrected chi connectivity index (χ3v) is 4.88. The molecular weight excluding hydrogens is 390 g/mol. The number of carbonyl (C=O) groups excluding carboxylic acids is 4. The molecular formula is C21H29N3O6. The highest BCUT2D eigenvalue weighted by atomic mass is 16.5. The highest BCUT2D eigenvalue weighted by Gasteiger charge is 2.33. The zero-order valence-electron chi connectivity index (χ0n) is 17.3. The van der Waals surface area contributed by atoms with Crippen LogP contribution in [0.1, 0.15) is 38.2 Å². The molecule has 1 aliphatic heterocycles. The molecule has 1 aromatic carbocycles. The van der Waals surface area contributed by atoms with E-state index in [4.69, 9.17) is 9.47 Å². The number of ether oxygens (including phenoxy) is 2. The van der Waals surface area contributed by atoms with Crippen LogP contribution in [0.4, 0.5) is 4.79 Å². The van der Waals surface area contributed by atoms with E-state index in [0.29, 0.717) is 25.8 Å². The number of rotatable bonds is 10. The Balaban J connectivity index is 1.94. The van der Waals surface area contributed by atoms with Crippen molar-refractivity contribution in [2.75, 3.05) is 13.7 Å². The first-order valence-corrected chi connectivity index (χ1v) is 10.1. The van der Waals surface area contributed by atoms with Crippen molar-refractivity contribution in [3.8, 4) is 0 Å². The van der Waals surface area contributed by atoms with E-state index in [1.54, 1.807) is 0 Å². The molecule has 1 heterocycles. The number of amides is 3. The predicted molar refractivity (Wildman–Crippen MR) is 108 cm³/mol. The molecule has 0 aromatic heterocycles. The van der Waals surface area contributed by atoms with Gasteiger partial charge in [-0.05, 0) is 24.8 Å². The SMILES string of the molecule is CCC[C@H](NC(=O)OCc1ccccc1)C(=O)N[C@@H](CC1CCNC1=O)C(=O)OC. The fourth-order valence-electron chi connectivity index (χ4n) is 3.25. The Bertz CT molecular complexity index is 740. The van der Waals surface area contributed by atoms with Gasteiger partial charge < -0.3 is 25.4 Å². The first-order valence-electron chi connectivity index (χ1n) is 10.1. The molecule has 0 aliphatic carbocycles. The van der Waals surface area contributed by atoms with Crippen LogP contribution in [0.15, 0.2) is 30.3 Å². The van der Waals surface area contributed by atoms with Gasteiger partial charge >= 0.3 is 12.1 Å². The number of hydrogen-bond acceptors (Lipinski definition) is 6. The standard InChI is InChI=1S/C21H29N3O6/c1-3-7-16(24-21(28)30-13-14-8-5-4-6-9-14)19(26)23-17(20(27)29-2)12-15-10-11-22-18(15)25/h4-6,8-9,15-17H,3,7,10-13H2,1-2H3,(H,22,25)(H,23,26)(H,24,28)/t15?,16-,17-/m0/s1. The van der Waals surface area contributed by atoms with Gasteiger partial charge in [0.2, 0.25) is 11.8 Å².